The minimum absolute atomic E-state index is 0.0648. The fourth-order valence-electron chi connectivity index (χ4n) is 3.46. The summed E-state index contributed by atoms with van der Waals surface area (Å²) >= 11 is 1.17. The molecule has 0 bridgehead atoms. The molecule has 7 heteroatoms. The highest BCUT2D eigenvalue weighted by Gasteiger charge is 2.37. The number of hydrogen-bond acceptors (Lipinski definition) is 4. The van der Waals surface area contributed by atoms with Crippen LogP contribution in [0.15, 0.2) is 24.3 Å². The number of aromatic carboxylic acids is 1. The van der Waals surface area contributed by atoms with Crippen LogP contribution in [0.4, 0.5) is 4.39 Å². The van der Waals surface area contributed by atoms with Crippen molar-refractivity contribution in [2.24, 2.45) is 5.41 Å². The Morgan fingerprint density at radius 2 is 1.93 bits per heavy atom. The fraction of sp³-hybridized carbons (Fsp3) is 0.476. The van der Waals surface area contributed by atoms with Crippen molar-refractivity contribution in [3.63, 3.8) is 0 Å². The molecule has 1 fully saturated rings. The van der Waals surface area contributed by atoms with E-state index >= 15 is 0 Å². The smallest absolute Gasteiger partial charge is 0.347 e. The molecule has 2 aromatic rings. The third kappa shape index (κ3) is 4.41. The Morgan fingerprint density at radius 3 is 2.54 bits per heavy atom. The molecular weight excluding hydrogens is 379 g/mol. The van der Waals surface area contributed by atoms with Crippen molar-refractivity contribution in [1.29, 1.82) is 0 Å². The van der Waals surface area contributed by atoms with E-state index < -0.39 is 11.4 Å². The van der Waals surface area contributed by atoms with Gasteiger partial charge in [0.2, 0.25) is 5.91 Å². The maximum Gasteiger partial charge on any atom is 0.347 e. The quantitative estimate of drug-likeness (QED) is 0.798. The van der Waals surface area contributed by atoms with Crippen LogP contribution in [0.5, 0.6) is 0 Å². The molecule has 0 radical (unpaired) electrons. The van der Waals surface area contributed by atoms with Gasteiger partial charge >= 0.3 is 5.97 Å². The first-order valence-corrected chi connectivity index (χ1v) is 10.3. The number of rotatable bonds is 5. The Hall–Kier alpha value is -2.28. The average Bonchev–Trinajstić information content (AvgIpc) is 3.26. The molecule has 1 saturated heterocycles. The zero-order chi connectivity index (χ0) is 20.5. The molecule has 1 aliphatic heterocycles. The van der Waals surface area contributed by atoms with Crippen LogP contribution >= 0.6 is 11.3 Å². The number of amides is 1. The molecule has 3 rings (SSSR count). The van der Waals surface area contributed by atoms with Crippen molar-refractivity contribution in [1.82, 2.24) is 9.88 Å². The lowest BCUT2D eigenvalue weighted by molar-refractivity contribution is -0.140. The van der Waals surface area contributed by atoms with Gasteiger partial charge < -0.3 is 10.0 Å². The molecule has 1 aromatic carbocycles. The second kappa shape index (κ2) is 7.99. The number of aryl methyl sites for hydroxylation is 2. The van der Waals surface area contributed by atoms with Crippen molar-refractivity contribution >= 4 is 23.2 Å². The van der Waals surface area contributed by atoms with Gasteiger partial charge in [0, 0.05) is 12.0 Å². The maximum absolute atomic E-state index is 13.1. The van der Waals surface area contributed by atoms with Crippen LogP contribution in [0.1, 0.15) is 65.6 Å². The van der Waals surface area contributed by atoms with Gasteiger partial charge in [-0.3, -0.25) is 4.79 Å². The van der Waals surface area contributed by atoms with Crippen LogP contribution < -0.4 is 0 Å². The van der Waals surface area contributed by atoms with E-state index in [2.05, 4.69) is 4.98 Å². The molecule has 0 aliphatic carbocycles. The SMILES string of the molecule is CC(C)(C)C(=O)N1CCC[C@@H]1c1nc(CCc2ccc(F)cc2)c(C(=O)O)s1. The number of carbonyl (C=O) groups excluding carboxylic acids is 1. The van der Waals surface area contributed by atoms with E-state index in [0.717, 1.165) is 18.4 Å². The van der Waals surface area contributed by atoms with Gasteiger partial charge in [0.15, 0.2) is 0 Å². The lowest BCUT2D eigenvalue weighted by Crippen LogP contribution is -2.38. The Labute approximate surface area is 168 Å². The maximum atomic E-state index is 13.1. The summed E-state index contributed by atoms with van der Waals surface area (Å²) in [5, 5.41) is 10.3. The van der Waals surface area contributed by atoms with Gasteiger partial charge in [0.25, 0.3) is 0 Å². The van der Waals surface area contributed by atoms with E-state index in [4.69, 9.17) is 0 Å². The van der Waals surface area contributed by atoms with Gasteiger partial charge in [-0.1, -0.05) is 32.9 Å². The lowest BCUT2D eigenvalue weighted by Gasteiger charge is -2.29. The molecule has 0 unspecified atom stereocenters. The van der Waals surface area contributed by atoms with Crippen molar-refractivity contribution in [3.8, 4) is 0 Å². The van der Waals surface area contributed by atoms with Crippen molar-refractivity contribution in [2.45, 2.75) is 52.5 Å². The molecule has 5 nitrogen and oxygen atoms in total. The highest BCUT2D eigenvalue weighted by molar-refractivity contribution is 7.13. The minimum Gasteiger partial charge on any atom is -0.477 e. The Balaban J connectivity index is 1.82. The fourth-order valence-corrected chi connectivity index (χ4v) is 4.56. The molecule has 0 spiro atoms. The third-order valence-corrected chi connectivity index (χ3v) is 6.10. The van der Waals surface area contributed by atoms with Crippen LogP contribution in [0.25, 0.3) is 0 Å². The molecule has 150 valence electrons. The van der Waals surface area contributed by atoms with Crippen LogP contribution in [-0.4, -0.2) is 33.4 Å². The van der Waals surface area contributed by atoms with E-state index in [0.29, 0.717) is 30.1 Å². The summed E-state index contributed by atoms with van der Waals surface area (Å²) in [6.07, 6.45) is 2.73. The number of aromatic nitrogens is 1. The summed E-state index contributed by atoms with van der Waals surface area (Å²) in [6, 6.07) is 6.03. The number of likely N-dealkylation sites (tertiary alicyclic amines) is 1. The summed E-state index contributed by atoms with van der Waals surface area (Å²) < 4.78 is 13.1. The standard InChI is InChI=1S/C21H25FN2O3S/c1-21(2,3)20(27)24-12-4-5-16(24)18-23-15(17(28-18)19(25)26)11-8-13-6-9-14(22)10-7-13/h6-7,9-10,16H,4-5,8,11-12H2,1-3H3,(H,25,26)/t16-/m1/s1. The minimum atomic E-state index is -0.996. The molecule has 1 amide bonds. The molecular formula is C21H25FN2O3S. The first kappa shape index (κ1) is 20.5. The Morgan fingerprint density at radius 1 is 1.25 bits per heavy atom. The second-order valence-corrected chi connectivity index (χ2v) is 9.20. The van der Waals surface area contributed by atoms with E-state index in [1.807, 2.05) is 25.7 Å². The molecule has 1 N–H and O–H groups in total. The number of carbonyl (C=O) groups is 2. The van der Waals surface area contributed by atoms with Gasteiger partial charge in [0.1, 0.15) is 15.7 Å². The third-order valence-electron chi connectivity index (χ3n) is 4.91. The van der Waals surface area contributed by atoms with Crippen LogP contribution in [0.3, 0.4) is 0 Å². The van der Waals surface area contributed by atoms with E-state index in [9.17, 15) is 19.1 Å². The summed E-state index contributed by atoms with van der Waals surface area (Å²) in [5.74, 6) is -1.23. The number of hydrogen-bond donors (Lipinski definition) is 1. The normalized spacial score (nSPS) is 17.1. The van der Waals surface area contributed by atoms with E-state index in [1.165, 1.54) is 23.5 Å². The zero-order valence-electron chi connectivity index (χ0n) is 16.4. The largest absolute Gasteiger partial charge is 0.477 e. The number of thiazole rings is 1. The predicted octanol–water partition coefficient (Wildman–Crippen LogP) is 4.48. The highest BCUT2D eigenvalue weighted by atomic mass is 32.1. The number of halogens is 1. The zero-order valence-corrected chi connectivity index (χ0v) is 17.2. The predicted molar refractivity (Wildman–Crippen MR) is 106 cm³/mol. The lowest BCUT2D eigenvalue weighted by atomic mass is 9.94. The first-order chi connectivity index (χ1) is 13.2. The van der Waals surface area contributed by atoms with Gasteiger partial charge in [-0.05, 0) is 43.4 Å². The number of nitrogens with zero attached hydrogens (tertiary/aromatic N) is 2. The molecule has 1 aliphatic rings. The summed E-state index contributed by atoms with van der Waals surface area (Å²) in [5.41, 5.74) is 0.977. The molecule has 0 saturated carbocycles. The van der Waals surface area contributed by atoms with E-state index in [-0.39, 0.29) is 22.6 Å². The molecule has 1 atom stereocenters. The van der Waals surface area contributed by atoms with E-state index in [1.54, 1.807) is 12.1 Å². The van der Waals surface area contributed by atoms with Gasteiger partial charge in [0.05, 0.1) is 11.7 Å². The van der Waals surface area contributed by atoms with Gasteiger partial charge in [-0.25, -0.2) is 14.2 Å². The highest BCUT2D eigenvalue weighted by Crippen LogP contribution is 2.38. The number of carboxylic acids is 1. The molecule has 28 heavy (non-hydrogen) atoms. The molecule has 2 heterocycles. The van der Waals surface area contributed by atoms with Crippen molar-refractivity contribution in [3.05, 3.63) is 51.2 Å². The van der Waals surface area contributed by atoms with Crippen molar-refractivity contribution in [2.75, 3.05) is 6.54 Å². The summed E-state index contributed by atoms with van der Waals surface area (Å²) in [7, 11) is 0. The number of carboxylic acid groups (broad SMARTS) is 1. The Bertz CT molecular complexity index is 871. The van der Waals surface area contributed by atoms with Crippen LogP contribution in [0.2, 0.25) is 0 Å². The van der Waals surface area contributed by atoms with Crippen LogP contribution in [0, 0.1) is 11.2 Å². The summed E-state index contributed by atoms with van der Waals surface area (Å²) in [6.45, 7) is 6.35. The second-order valence-electron chi connectivity index (χ2n) is 8.17. The monoisotopic (exact) mass is 404 g/mol. The average molecular weight is 405 g/mol. The topological polar surface area (TPSA) is 70.5 Å². The Kier molecular flexibility index (Phi) is 5.84. The number of benzene rings is 1. The summed E-state index contributed by atoms with van der Waals surface area (Å²) in [4.78, 5) is 31.2. The first-order valence-electron chi connectivity index (χ1n) is 9.45. The van der Waals surface area contributed by atoms with Crippen LogP contribution in [-0.2, 0) is 17.6 Å². The van der Waals surface area contributed by atoms with Gasteiger partial charge in [-0.15, -0.1) is 11.3 Å². The van der Waals surface area contributed by atoms with Crippen molar-refractivity contribution < 1.29 is 19.1 Å². The van der Waals surface area contributed by atoms with Gasteiger partial charge in [-0.2, -0.15) is 0 Å². The molecule has 1 aromatic heterocycles.